The van der Waals surface area contributed by atoms with Crippen LogP contribution in [0.5, 0.6) is 0 Å². The Bertz CT molecular complexity index is 508. The molecule has 5 nitrogen and oxygen atoms in total. The zero-order valence-corrected chi connectivity index (χ0v) is 13.0. The second kappa shape index (κ2) is 6.89. The van der Waals surface area contributed by atoms with E-state index in [0.717, 1.165) is 19.5 Å². The minimum Gasteiger partial charge on any atom is -0.452 e. The Kier molecular flexibility index (Phi) is 5.17. The minimum absolute atomic E-state index is 0.149. The number of hydrogen-bond acceptors (Lipinski definition) is 4. The maximum absolute atomic E-state index is 12.1. The number of piperidine rings is 1. The third-order valence-corrected chi connectivity index (χ3v) is 3.73. The van der Waals surface area contributed by atoms with Crippen molar-refractivity contribution in [2.75, 3.05) is 19.7 Å². The van der Waals surface area contributed by atoms with Crippen LogP contribution in [-0.2, 0) is 9.53 Å². The van der Waals surface area contributed by atoms with Crippen molar-refractivity contribution in [2.45, 2.75) is 20.3 Å². The van der Waals surface area contributed by atoms with Crippen molar-refractivity contribution >= 4 is 23.5 Å². The van der Waals surface area contributed by atoms with E-state index in [4.69, 9.17) is 16.3 Å². The predicted octanol–water partition coefficient (Wildman–Crippen LogP) is 2.40. The van der Waals surface area contributed by atoms with Crippen LogP contribution < -0.4 is 0 Å². The number of ether oxygens (including phenoxy) is 1. The summed E-state index contributed by atoms with van der Waals surface area (Å²) in [5.41, 5.74) is 0.285. The first kappa shape index (κ1) is 15.8. The molecule has 0 radical (unpaired) electrons. The molecule has 1 saturated heterocycles. The van der Waals surface area contributed by atoms with Gasteiger partial charge in [-0.05, 0) is 30.4 Å². The first-order chi connectivity index (χ1) is 9.95. The Hall–Kier alpha value is -1.62. The third kappa shape index (κ3) is 4.43. The number of amides is 1. The van der Waals surface area contributed by atoms with Crippen LogP contribution in [0.2, 0.25) is 5.15 Å². The second-order valence-corrected chi connectivity index (χ2v) is 6.08. The number of rotatable bonds is 3. The molecular weight excluding hydrogens is 292 g/mol. The molecule has 114 valence electrons. The normalized spacial score (nSPS) is 22.0. The van der Waals surface area contributed by atoms with Crippen LogP contribution in [-0.4, -0.2) is 41.5 Å². The molecule has 0 aliphatic carbocycles. The monoisotopic (exact) mass is 310 g/mol. The van der Waals surface area contributed by atoms with Gasteiger partial charge in [0, 0.05) is 19.3 Å². The minimum atomic E-state index is -0.564. The maximum atomic E-state index is 12.1. The molecule has 1 aliphatic rings. The lowest BCUT2D eigenvalue weighted by atomic mass is 9.92. The molecule has 0 bridgehead atoms. The van der Waals surface area contributed by atoms with Crippen molar-refractivity contribution < 1.29 is 14.3 Å². The van der Waals surface area contributed by atoms with Crippen LogP contribution in [0.3, 0.4) is 0 Å². The van der Waals surface area contributed by atoms with E-state index in [1.807, 2.05) is 0 Å². The molecule has 2 rings (SSSR count). The van der Waals surface area contributed by atoms with Gasteiger partial charge >= 0.3 is 5.97 Å². The summed E-state index contributed by atoms with van der Waals surface area (Å²) in [5.74, 6) is 0.247. The van der Waals surface area contributed by atoms with Gasteiger partial charge in [-0.25, -0.2) is 9.78 Å². The Balaban J connectivity index is 1.86. The lowest BCUT2D eigenvalue weighted by Crippen LogP contribution is -2.44. The van der Waals surface area contributed by atoms with Gasteiger partial charge in [-0.15, -0.1) is 0 Å². The van der Waals surface area contributed by atoms with E-state index >= 15 is 0 Å². The van der Waals surface area contributed by atoms with Crippen molar-refractivity contribution in [3.63, 3.8) is 0 Å². The van der Waals surface area contributed by atoms with Crippen LogP contribution >= 0.6 is 11.6 Å². The molecular formula is C15H19ClN2O3. The molecule has 21 heavy (non-hydrogen) atoms. The highest BCUT2D eigenvalue weighted by atomic mass is 35.5. The molecule has 1 fully saturated rings. The fourth-order valence-electron chi connectivity index (χ4n) is 2.67. The highest BCUT2D eigenvalue weighted by Crippen LogP contribution is 2.20. The molecule has 2 heterocycles. The topological polar surface area (TPSA) is 59.5 Å². The number of halogens is 1. The lowest BCUT2D eigenvalue weighted by molar-refractivity contribution is -0.137. The third-order valence-electron chi connectivity index (χ3n) is 3.51. The lowest BCUT2D eigenvalue weighted by Gasteiger charge is -2.34. The molecule has 0 saturated carbocycles. The Morgan fingerprint density at radius 1 is 1.33 bits per heavy atom. The van der Waals surface area contributed by atoms with Crippen LogP contribution in [0.25, 0.3) is 0 Å². The average molecular weight is 311 g/mol. The van der Waals surface area contributed by atoms with Crippen molar-refractivity contribution in [2.24, 2.45) is 11.8 Å². The van der Waals surface area contributed by atoms with Gasteiger partial charge < -0.3 is 9.64 Å². The summed E-state index contributed by atoms with van der Waals surface area (Å²) in [7, 11) is 0. The van der Waals surface area contributed by atoms with Crippen molar-refractivity contribution in [3.05, 3.63) is 29.0 Å². The Labute approximate surface area is 129 Å². The van der Waals surface area contributed by atoms with E-state index in [1.165, 1.54) is 18.3 Å². The van der Waals surface area contributed by atoms with Crippen LogP contribution in [0, 0.1) is 11.8 Å². The van der Waals surface area contributed by atoms with Crippen LogP contribution in [0.4, 0.5) is 0 Å². The van der Waals surface area contributed by atoms with Gasteiger partial charge in [-0.2, -0.15) is 0 Å². The zero-order valence-electron chi connectivity index (χ0n) is 12.2. The summed E-state index contributed by atoms with van der Waals surface area (Å²) in [6.07, 6.45) is 2.46. The van der Waals surface area contributed by atoms with E-state index < -0.39 is 5.97 Å². The van der Waals surface area contributed by atoms with E-state index in [0.29, 0.717) is 17.0 Å². The van der Waals surface area contributed by atoms with E-state index in [1.54, 1.807) is 4.90 Å². The van der Waals surface area contributed by atoms with Gasteiger partial charge in [-0.3, -0.25) is 4.79 Å². The summed E-state index contributed by atoms with van der Waals surface area (Å²) < 4.78 is 5.04. The quantitative estimate of drug-likeness (QED) is 0.635. The maximum Gasteiger partial charge on any atom is 0.340 e. The first-order valence-electron chi connectivity index (χ1n) is 7.02. The molecule has 1 aromatic rings. The molecule has 0 unspecified atom stereocenters. The van der Waals surface area contributed by atoms with Crippen molar-refractivity contribution in [1.82, 2.24) is 9.88 Å². The number of likely N-dealkylation sites (tertiary alicyclic amines) is 1. The highest BCUT2D eigenvalue weighted by Gasteiger charge is 2.26. The second-order valence-electron chi connectivity index (χ2n) is 5.69. The number of carbonyl (C=O) groups is 2. The molecule has 0 N–H and O–H groups in total. The molecule has 1 aromatic heterocycles. The summed E-state index contributed by atoms with van der Waals surface area (Å²) in [5, 5.41) is 0.305. The molecule has 2 atom stereocenters. The van der Waals surface area contributed by atoms with E-state index in [9.17, 15) is 9.59 Å². The zero-order chi connectivity index (χ0) is 15.4. The summed E-state index contributed by atoms with van der Waals surface area (Å²) in [4.78, 5) is 29.5. The smallest absolute Gasteiger partial charge is 0.340 e. The Morgan fingerprint density at radius 3 is 2.57 bits per heavy atom. The number of hydrogen-bond donors (Lipinski definition) is 0. The molecule has 6 heteroatoms. The average Bonchev–Trinajstić information content (AvgIpc) is 2.44. The van der Waals surface area contributed by atoms with Gasteiger partial charge in [0.05, 0.1) is 5.56 Å². The number of carbonyl (C=O) groups excluding carboxylic acids is 2. The van der Waals surface area contributed by atoms with Gasteiger partial charge in [0.1, 0.15) is 5.15 Å². The van der Waals surface area contributed by atoms with Crippen molar-refractivity contribution in [3.8, 4) is 0 Å². The number of pyridine rings is 1. The molecule has 0 spiro atoms. The Morgan fingerprint density at radius 2 is 2.00 bits per heavy atom. The van der Waals surface area contributed by atoms with E-state index in [-0.39, 0.29) is 18.1 Å². The van der Waals surface area contributed by atoms with Crippen LogP contribution in [0.15, 0.2) is 18.3 Å². The summed E-state index contributed by atoms with van der Waals surface area (Å²) in [6, 6.07) is 3.03. The number of esters is 1. The molecule has 1 aliphatic heterocycles. The molecule has 0 aromatic carbocycles. The van der Waals surface area contributed by atoms with Gasteiger partial charge in [0.25, 0.3) is 5.91 Å². The van der Waals surface area contributed by atoms with Gasteiger partial charge in [-0.1, -0.05) is 25.4 Å². The number of nitrogens with zero attached hydrogens (tertiary/aromatic N) is 2. The number of aromatic nitrogens is 1. The highest BCUT2D eigenvalue weighted by molar-refractivity contribution is 6.29. The van der Waals surface area contributed by atoms with Gasteiger partial charge in [0.2, 0.25) is 0 Å². The molecule has 1 amide bonds. The first-order valence-corrected chi connectivity index (χ1v) is 7.40. The van der Waals surface area contributed by atoms with Crippen molar-refractivity contribution in [1.29, 1.82) is 0 Å². The fraction of sp³-hybridized carbons (Fsp3) is 0.533. The summed E-state index contributed by atoms with van der Waals surface area (Å²) >= 11 is 5.65. The van der Waals surface area contributed by atoms with E-state index in [2.05, 4.69) is 18.8 Å². The largest absolute Gasteiger partial charge is 0.452 e. The SMILES string of the molecule is C[C@@H]1C[C@@H](C)CN(C(=O)COC(=O)c2ccc(Cl)nc2)C1. The summed E-state index contributed by atoms with van der Waals surface area (Å²) in [6.45, 7) is 5.47. The van der Waals surface area contributed by atoms with Crippen LogP contribution in [0.1, 0.15) is 30.6 Å². The van der Waals surface area contributed by atoms with Gasteiger partial charge in [0.15, 0.2) is 6.61 Å². The standard InChI is InChI=1S/C15H19ClN2O3/c1-10-5-11(2)8-18(7-10)14(19)9-21-15(20)12-3-4-13(16)17-6-12/h3-4,6,10-11H,5,7-9H2,1-2H3/t10-,11-/m1/s1. The fourth-order valence-corrected chi connectivity index (χ4v) is 2.78. The predicted molar refractivity (Wildman–Crippen MR) is 79.1 cm³/mol.